The van der Waals surface area contributed by atoms with Crippen molar-refractivity contribution in [2.45, 2.75) is 6.92 Å². The molecule has 1 atom stereocenters. The maximum absolute atomic E-state index is 14.1. The highest BCUT2D eigenvalue weighted by Crippen LogP contribution is 2.29. The van der Waals surface area contributed by atoms with Gasteiger partial charge in [0.2, 0.25) is 0 Å². The Morgan fingerprint density at radius 1 is 1.03 bits per heavy atom. The van der Waals surface area contributed by atoms with E-state index in [9.17, 15) is 27.2 Å². The van der Waals surface area contributed by atoms with E-state index < -0.39 is 46.5 Å². The molecule has 0 aliphatic carbocycles. The Kier molecular flexibility index (Phi) is 6.33. The van der Waals surface area contributed by atoms with Crippen molar-refractivity contribution in [1.82, 2.24) is 0 Å². The van der Waals surface area contributed by atoms with E-state index >= 15 is 0 Å². The van der Waals surface area contributed by atoms with Gasteiger partial charge in [-0.3, -0.25) is 14.6 Å². The molecule has 5 nitrogen and oxygen atoms in total. The number of nitrogens with zero attached hydrogens (tertiary/aromatic N) is 1. The van der Waals surface area contributed by atoms with Crippen molar-refractivity contribution in [2.24, 2.45) is 10.9 Å². The lowest BCUT2D eigenvalue weighted by molar-refractivity contribution is -0.143. The van der Waals surface area contributed by atoms with Gasteiger partial charge < -0.3 is 10.5 Å². The van der Waals surface area contributed by atoms with Crippen LogP contribution >= 0.6 is 0 Å². The van der Waals surface area contributed by atoms with Crippen LogP contribution in [0, 0.1) is 29.2 Å². The molecule has 0 aliphatic rings. The number of aliphatic imine (C=N–C) groups is 1. The van der Waals surface area contributed by atoms with Crippen molar-refractivity contribution in [1.29, 1.82) is 0 Å². The molecule has 2 N–H and O–H groups in total. The lowest BCUT2D eigenvalue weighted by Gasteiger charge is -2.12. The zero-order valence-electron chi connectivity index (χ0n) is 16.2. The van der Waals surface area contributed by atoms with Crippen LogP contribution in [0.25, 0.3) is 10.8 Å². The summed E-state index contributed by atoms with van der Waals surface area (Å²) >= 11 is 0. The molecule has 31 heavy (non-hydrogen) atoms. The van der Waals surface area contributed by atoms with Crippen LogP contribution in [0.3, 0.4) is 0 Å². The summed E-state index contributed by atoms with van der Waals surface area (Å²) in [6.45, 7) is 1.35. The average molecular weight is 432 g/mol. The number of hydrogen-bond donors (Lipinski definition) is 1. The van der Waals surface area contributed by atoms with Gasteiger partial charge in [0.1, 0.15) is 0 Å². The number of ether oxygens (including phenoxy) is 1. The van der Waals surface area contributed by atoms with Crippen LogP contribution < -0.4 is 5.73 Å². The van der Waals surface area contributed by atoms with Gasteiger partial charge in [0.05, 0.1) is 23.5 Å². The lowest BCUT2D eigenvalue weighted by atomic mass is 9.97. The monoisotopic (exact) mass is 432 g/mol. The van der Waals surface area contributed by atoms with E-state index in [4.69, 9.17) is 10.5 Å². The number of carbonyl (C=O) groups excluding carboxylic acids is 2. The molecule has 0 saturated heterocycles. The molecule has 9 heteroatoms. The predicted molar refractivity (Wildman–Crippen MR) is 107 cm³/mol. The summed E-state index contributed by atoms with van der Waals surface area (Å²) in [7, 11) is 0. The van der Waals surface area contributed by atoms with E-state index in [0.29, 0.717) is 0 Å². The molecule has 160 valence electrons. The SMILES string of the molecule is CCOC(=O)C(C=Nc1cc2ccccc2cc1N)C(=O)c1cc(F)c(F)c(F)c1F. The summed E-state index contributed by atoms with van der Waals surface area (Å²) in [5.41, 5.74) is 5.25. The number of anilines is 1. The number of nitrogens with two attached hydrogens (primary N) is 1. The molecule has 0 heterocycles. The van der Waals surface area contributed by atoms with Crippen molar-refractivity contribution >= 4 is 40.1 Å². The van der Waals surface area contributed by atoms with E-state index in [1.165, 1.54) is 6.92 Å². The zero-order chi connectivity index (χ0) is 22.7. The first kappa shape index (κ1) is 21.9. The standard InChI is InChI=1S/C22H16F4N2O3/c1-2-31-22(30)14(21(29)13-9-15(23)19(25)20(26)18(13)24)10-28-17-8-12-6-4-3-5-11(12)7-16(17)27/h3-10,14H,2,27H2,1H3. The maximum atomic E-state index is 14.1. The molecule has 1 unspecified atom stereocenters. The highest BCUT2D eigenvalue weighted by Gasteiger charge is 2.32. The Hall–Kier alpha value is -3.75. The highest BCUT2D eigenvalue weighted by molar-refractivity contribution is 6.19. The Labute approximate surface area is 174 Å². The smallest absolute Gasteiger partial charge is 0.322 e. The fourth-order valence-electron chi connectivity index (χ4n) is 2.90. The third kappa shape index (κ3) is 4.40. The summed E-state index contributed by atoms with van der Waals surface area (Å²) in [5.74, 6) is -12.3. The van der Waals surface area contributed by atoms with Gasteiger partial charge in [-0.05, 0) is 35.9 Å². The van der Waals surface area contributed by atoms with Gasteiger partial charge in [-0.25, -0.2) is 17.6 Å². The average Bonchev–Trinajstić information content (AvgIpc) is 2.75. The molecule has 0 aromatic heterocycles. The molecular weight excluding hydrogens is 416 g/mol. The predicted octanol–water partition coefficient (Wildman–Crippen LogP) is 4.74. The van der Waals surface area contributed by atoms with Crippen LogP contribution in [0.4, 0.5) is 28.9 Å². The van der Waals surface area contributed by atoms with Gasteiger partial charge in [0.15, 0.2) is 35.0 Å². The second kappa shape index (κ2) is 8.95. The van der Waals surface area contributed by atoms with Gasteiger partial charge in [0.25, 0.3) is 0 Å². The second-order valence-corrected chi connectivity index (χ2v) is 6.48. The Balaban J connectivity index is 2.04. The number of Topliss-reactive ketones (excluding diaryl/α,β-unsaturated/α-hetero) is 1. The van der Waals surface area contributed by atoms with Crippen LogP contribution in [0.1, 0.15) is 17.3 Å². The van der Waals surface area contributed by atoms with Gasteiger partial charge in [-0.15, -0.1) is 0 Å². The minimum atomic E-state index is -2.17. The molecule has 0 amide bonds. The molecular formula is C22H16F4N2O3. The normalized spacial score (nSPS) is 12.3. The fraction of sp³-hybridized carbons (Fsp3) is 0.136. The van der Waals surface area contributed by atoms with Crippen molar-refractivity contribution < 1.29 is 31.9 Å². The largest absolute Gasteiger partial charge is 0.465 e. The van der Waals surface area contributed by atoms with E-state index in [0.717, 1.165) is 17.0 Å². The molecule has 0 saturated carbocycles. The third-order valence-electron chi connectivity index (χ3n) is 4.45. The van der Waals surface area contributed by atoms with Crippen molar-refractivity contribution in [2.75, 3.05) is 12.3 Å². The number of nitrogen functional groups attached to an aromatic ring is 1. The van der Waals surface area contributed by atoms with Crippen molar-refractivity contribution in [3.8, 4) is 0 Å². The summed E-state index contributed by atoms with van der Waals surface area (Å²) in [6, 6.07) is 10.6. The highest BCUT2D eigenvalue weighted by atomic mass is 19.2. The summed E-state index contributed by atoms with van der Waals surface area (Å²) < 4.78 is 59.2. The van der Waals surface area contributed by atoms with Crippen LogP contribution in [0.2, 0.25) is 0 Å². The van der Waals surface area contributed by atoms with E-state index in [1.807, 2.05) is 12.1 Å². The van der Waals surface area contributed by atoms with Crippen LogP contribution in [-0.4, -0.2) is 24.6 Å². The number of benzene rings is 3. The Morgan fingerprint density at radius 2 is 1.68 bits per heavy atom. The number of esters is 1. The van der Waals surface area contributed by atoms with E-state index in [2.05, 4.69) is 4.99 Å². The summed E-state index contributed by atoms with van der Waals surface area (Å²) in [4.78, 5) is 29.0. The summed E-state index contributed by atoms with van der Waals surface area (Å²) in [6.07, 6.45) is 0.847. The number of fused-ring (bicyclic) bond motifs is 1. The van der Waals surface area contributed by atoms with Crippen molar-refractivity contribution in [3.05, 3.63) is 71.3 Å². The number of halogens is 4. The van der Waals surface area contributed by atoms with Gasteiger partial charge in [0, 0.05) is 6.21 Å². The van der Waals surface area contributed by atoms with Gasteiger partial charge >= 0.3 is 5.97 Å². The van der Waals surface area contributed by atoms with Gasteiger partial charge in [-0.1, -0.05) is 24.3 Å². The van der Waals surface area contributed by atoms with E-state index in [-0.39, 0.29) is 24.0 Å². The van der Waals surface area contributed by atoms with Crippen LogP contribution in [0.15, 0.2) is 47.5 Å². The van der Waals surface area contributed by atoms with Crippen LogP contribution in [0.5, 0.6) is 0 Å². The van der Waals surface area contributed by atoms with Gasteiger partial charge in [-0.2, -0.15) is 0 Å². The molecule has 0 aliphatic heterocycles. The minimum absolute atomic E-state index is 0.122. The molecule has 3 rings (SSSR count). The first-order chi connectivity index (χ1) is 14.7. The number of hydrogen-bond acceptors (Lipinski definition) is 5. The zero-order valence-corrected chi connectivity index (χ0v) is 16.2. The van der Waals surface area contributed by atoms with Crippen LogP contribution in [-0.2, 0) is 9.53 Å². The third-order valence-corrected chi connectivity index (χ3v) is 4.45. The lowest BCUT2D eigenvalue weighted by Crippen LogP contribution is -2.29. The Morgan fingerprint density at radius 3 is 2.32 bits per heavy atom. The Bertz CT molecular complexity index is 1210. The summed E-state index contributed by atoms with van der Waals surface area (Å²) in [5, 5.41) is 1.60. The molecule has 0 fully saturated rings. The maximum Gasteiger partial charge on any atom is 0.322 e. The fourth-order valence-corrected chi connectivity index (χ4v) is 2.90. The number of ketones is 1. The molecule has 0 radical (unpaired) electrons. The first-order valence-electron chi connectivity index (χ1n) is 9.10. The molecule has 3 aromatic carbocycles. The number of carbonyl (C=O) groups is 2. The molecule has 0 bridgehead atoms. The topological polar surface area (TPSA) is 81.8 Å². The molecule has 0 spiro atoms. The molecule has 3 aromatic rings. The van der Waals surface area contributed by atoms with E-state index in [1.54, 1.807) is 24.3 Å². The minimum Gasteiger partial charge on any atom is -0.465 e. The quantitative estimate of drug-likeness (QED) is 0.0892. The second-order valence-electron chi connectivity index (χ2n) is 6.48. The number of rotatable bonds is 6. The van der Waals surface area contributed by atoms with Crippen molar-refractivity contribution in [3.63, 3.8) is 0 Å². The first-order valence-corrected chi connectivity index (χ1v) is 9.10.